The molecule has 2 N–H and O–H groups in total. The van der Waals surface area contributed by atoms with E-state index in [1.165, 1.54) is 11.8 Å². The molecule has 0 fully saturated rings. The molecule has 4 nitrogen and oxygen atoms in total. The standard InChI is InChI=1S/C19H20N2O2S/c1-3-13-8-6-7-12(2)18(13)21-17(22)11-16-19(23)20-14-9-4-5-10-15(14)24-16/h4-10,16H,3,11H2,1-2H3,(H,20,23)(H,21,22)/t16-/m1/s1. The number of anilines is 2. The molecule has 0 saturated carbocycles. The smallest absolute Gasteiger partial charge is 0.238 e. The zero-order chi connectivity index (χ0) is 17.1. The van der Waals surface area contributed by atoms with Gasteiger partial charge in [-0.1, -0.05) is 37.3 Å². The second-order valence-corrected chi connectivity index (χ2v) is 7.05. The van der Waals surface area contributed by atoms with Crippen molar-refractivity contribution in [3.8, 4) is 0 Å². The number of para-hydroxylation sites is 2. The van der Waals surface area contributed by atoms with E-state index in [2.05, 4.69) is 17.6 Å². The highest BCUT2D eigenvalue weighted by atomic mass is 32.2. The number of nitrogens with one attached hydrogen (secondary N) is 2. The normalized spacial score (nSPS) is 16.2. The zero-order valence-corrected chi connectivity index (χ0v) is 14.6. The molecule has 5 heteroatoms. The number of benzene rings is 2. The summed E-state index contributed by atoms with van der Waals surface area (Å²) >= 11 is 1.45. The first-order valence-electron chi connectivity index (χ1n) is 8.03. The summed E-state index contributed by atoms with van der Waals surface area (Å²) < 4.78 is 0. The van der Waals surface area contributed by atoms with Gasteiger partial charge in [-0.05, 0) is 36.6 Å². The molecular formula is C19H20N2O2S. The van der Waals surface area contributed by atoms with Crippen LogP contribution >= 0.6 is 11.8 Å². The van der Waals surface area contributed by atoms with Gasteiger partial charge in [0.2, 0.25) is 11.8 Å². The molecule has 2 aromatic carbocycles. The lowest BCUT2D eigenvalue weighted by Gasteiger charge is -2.23. The molecule has 1 atom stereocenters. The van der Waals surface area contributed by atoms with Crippen LogP contribution in [0.3, 0.4) is 0 Å². The molecule has 0 saturated heterocycles. The summed E-state index contributed by atoms with van der Waals surface area (Å²) in [6.45, 7) is 4.04. The van der Waals surface area contributed by atoms with E-state index in [0.717, 1.165) is 33.8 Å². The number of fused-ring (bicyclic) bond motifs is 1. The summed E-state index contributed by atoms with van der Waals surface area (Å²) in [5.74, 6) is -0.250. The third kappa shape index (κ3) is 3.46. The third-order valence-electron chi connectivity index (χ3n) is 4.08. The molecule has 0 bridgehead atoms. The first-order valence-corrected chi connectivity index (χ1v) is 8.91. The summed E-state index contributed by atoms with van der Waals surface area (Å²) in [7, 11) is 0. The van der Waals surface area contributed by atoms with Gasteiger partial charge in [-0.2, -0.15) is 0 Å². The van der Waals surface area contributed by atoms with Crippen LogP contribution in [0.5, 0.6) is 0 Å². The zero-order valence-electron chi connectivity index (χ0n) is 13.8. The highest BCUT2D eigenvalue weighted by Crippen LogP contribution is 2.36. The van der Waals surface area contributed by atoms with Gasteiger partial charge in [0.05, 0.1) is 10.9 Å². The molecule has 24 heavy (non-hydrogen) atoms. The van der Waals surface area contributed by atoms with Gasteiger partial charge in [-0.25, -0.2) is 0 Å². The molecule has 124 valence electrons. The summed E-state index contributed by atoms with van der Waals surface area (Å²) in [6.07, 6.45) is 1.01. The Morgan fingerprint density at radius 3 is 2.79 bits per heavy atom. The first-order chi connectivity index (χ1) is 11.6. The Kier molecular flexibility index (Phi) is 4.90. The van der Waals surface area contributed by atoms with Crippen molar-refractivity contribution in [3.05, 3.63) is 53.6 Å². The molecule has 3 rings (SSSR count). The van der Waals surface area contributed by atoms with Crippen LogP contribution in [-0.4, -0.2) is 17.1 Å². The number of thioether (sulfide) groups is 1. The van der Waals surface area contributed by atoms with Gasteiger partial charge in [0.15, 0.2) is 0 Å². The number of carbonyl (C=O) groups is 2. The number of amides is 2. The number of rotatable bonds is 4. The van der Waals surface area contributed by atoms with Crippen LogP contribution in [-0.2, 0) is 16.0 Å². The summed E-state index contributed by atoms with van der Waals surface area (Å²) in [4.78, 5) is 25.7. The van der Waals surface area contributed by atoms with Crippen LogP contribution in [0.15, 0.2) is 47.4 Å². The molecule has 0 spiro atoms. The van der Waals surface area contributed by atoms with E-state index in [1.807, 2.05) is 49.4 Å². The number of aryl methyl sites for hydroxylation is 2. The molecule has 0 aromatic heterocycles. The van der Waals surface area contributed by atoms with Crippen LogP contribution in [0, 0.1) is 6.92 Å². The van der Waals surface area contributed by atoms with E-state index < -0.39 is 5.25 Å². The van der Waals surface area contributed by atoms with Crippen LogP contribution in [0.25, 0.3) is 0 Å². The maximum atomic E-state index is 12.5. The first kappa shape index (κ1) is 16.6. The molecule has 0 aliphatic carbocycles. The maximum absolute atomic E-state index is 12.5. The second-order valence-electron chi connectivity index (χ2n) is 5.81. The lowest BCUT2D eigenvalue weighted by molar-refractivity contribution is -0.120. The Morgan fingerprint density at radius 1 is 1.21 bits per heavy atom. The van der Waals surface area contributed by atoms with E-state index in [-0.39, 0.29) is 18.2 Å². The van der Waals surface area contributed by atoms with E-state index in [4.69, 9.17) is 0 Å². The van der Waals surface area contributed by atoms with Crippen molar-refractivity contribution in [2.24, 2.45) is 0 Å². The topological polar surface area (TPSA) is 58.2 Å². The molecule has 0 unspecified atom stereocenters. The lowest BCUT2D eigenvalue weighted by atomic mass is 10.1. The Bertz CT molecular complexity index is 789. The Balaban J connectivity index is 1.71. The number of hydrogen-bond acceptors (Lipinski definition) is 3. The van der Waals surface area contributed by atoms with Gasteiger partial charge in [0.1, 0.15) is 0 Å². The fraction of sp³-hybridized carbons (Fsp3) is 0.263. The predicted molar refractivity (Wildman–Crippen MR) is 98.5 cm³/mol. The van der Waals surface area contributed by atoms with E-state index >= 15 is 0 Å². The molecule has 0 radical (unpaired) electrons. The Hall–Kier alpha value is -2.27. The van der Waals surface area contributed by atoms with E-state index in [1.54, 1.807) is 0 Å². The SMILES string of the molecule is CCc1cccc(C)c1NC(=O)C[C@H]1Sc2ccccc2NC1=O. The molecule has 2 amide bonds. The molecule has 1 aliphatic rings. The predicted octanol–water partition coefficient (Wildman–Crippen LogP) is 4.00. The van der Waals surface area contributed by atoms with Crippen molar-refractivity contribution < 1.29 is 9.59 Å². The van der Waals surface area contributed by atoms with Gasteiger partial charge in [-0.3, -0.25) is 9.59 Å². The fourth-order valence-electron chi connectivity index (χ4n) is 2.79. The highest BCUT2D eigenvalue weighted by molar-refractivity contribution is 8.01. The highest BCUT2D eigenvalue weighted by Gasteiger charge is 2.29. The van der Waals surface area contributed by atoms with Gasteiger partial charge in [0, 0.05) is 17.0 Å². The fourth-order valence-corrected chi connectivity index (χ4v) is 3.90. The van der Waals surface area contributed by atoms with Crippen molar-refractivity contribution >= 4 is 35.0 Å². The Labute approximate surface area is 146 Å². The minimum atomic E-state index is -0.408. The average Bonchev–Trinajstić information content (AvgIpc) is 2.57. The quantitative estimate of drug-likeness (QED) is 0.884. The van der Waals surface area contributed by atoms with Crippen LogP contribution < -0.4 is 10.6 Å². The van der Waals surface area contributed by atoms with E-state index in [9.17, 15) is 9.59 Å². The Morgan fingerprint density at radius 2 is 2.00 bits per heavy atom. The molecule has 2 aromatic rings. The summed E-state index contributed by atoms with van der Waals surface area (Å²) in [5.41, 5.74) is 3.83. The van der Waals surface area contributed by atoms with Crippen molar-refractivity contribution in [1.29, 1.82) is 0 Å². The van der Waals surface area contributed by atoms with Crippen molar-refractivity contribution in [1.82, 2.24) is 0 Å². The van der Waals surface area contributed by atoms with Gasteiger partial charge >= 0.3 is 0 Å². The summed E-state index contributed by atoms with van der Waals surface area (Å²) in [5, 5.41) is 5.45. The minimum Gasteiger partial charge on any atom is -0.326 e. The second kappa shape index (κ2) is 7.09. The van der Waals surface area contributed by atoms with Crippen molar-refractivity contribution in [3.63, 3.8) is 0 Å². The van der Waals surface area contributed by atoms with Crippen molar-refractivity contribution in [2.75, 3.05) is 10.6 Å². The maximum Gasteiger partial charge on any atom is 0.238 e. The van der Waals surface area contributed by atoms with Gasteiger partial charge in [-0.15, -0.1) is 11.8 Å². The van der Waals surface area contributed by atoms with Crippen LogP contribution in [0.1, 0.15) is 24.5 Å². The average molecular weight is 340 g/mol. The van der Waals surface area contributed by atoms with Gasteiger partial charge < -0.3 is 10.6 Å². The monoisotopic (exact) mass is 340 g/mol. The van der Waals surface area contributed by atoms with E-state index in [0.29, 0.717) is 0 Å². The lowest BCUT2D eigenvalue weighted by Crippen LogP contribution is -2.32. The minimum absolute atomic E-state index is 0.116. The molecular weight excluding hydrogens is 320 g/mol. The largest absolute Gasteiger partial charge is 0.326 e. The third-order valence-corrected chi connectivity index (χ3v) is 5.36. The van der Waals surface area contributed by atoms with Gasteiger partial charge in [0.25, 0.3) is 0 Å². The number of hydrogen-bond donors (Lipinski definition) is 2. The number of carbonyl (C=O) groups excluding carboxylic acids is 2. The molecule has 1 heterocycles. The van der Waals surface area contributed by atoms with Crippen LogP contribution in [0.2, 0.25) is 0 Å². The van der Waals surface area contributed by atoms with Crippen LogP contribution in [0.4, 0.5) is 11.4 Å². The summed E-state index contributed by atoms with van der Waals surface area (Å²) in [6, 6.07) is 13.6. The molecule has 1 aliphatic heterocycles. The van der Waals surface area contributed by atoms with Crippen molar-refractivity contribution in [2.45, 2.75) is 36.8 Å².